The fourth-order valence-electron chi connectivity index (χ4n) is 4.38. The minimum atomic E-state index is -1.06. The summed E-state index contributed by atoms with van der Waals surface area (Å²) in [6.45, 7) is 3.96. The van der Waals surface area contributed by atoms with E-state index in [0.717, 1.165) is 22.3 Å². The summed E-state index contributed by atoms with van der Waals surface area (Å²) in [4.78, 5) is 36.2. The highest BCUT2D eigenvalue weighted by atomic mass is 16.5. The first kappa shape index (κ1) is 25.2. The number of rotatable bonds is 11. The van der Waals surface area contributed by atoms with Gasteiger partial charge in [0.25, 0.3) is 0 Å². The highest BCUT2D eigenvalue weighted by molar-refractivity contribution is 5.86. The number of alkyl carbamates (subject to hydrolysis) is 1. The Morgan fingerprint density at radius 3 is 2.15 bits per heavy atom. The van der Waals surface area contributed by atoms with Gasteiger partial charge in [-0.15, -0.1) is 0 Å². The van der Waals surface area contributed by atoms with Crippen molar-refractivity contribution < 1.29 is 29.3 Å². The summed E-state index contributed by atoms with van der Waals surface area (Å²) in [5.41, 5.74) is 4.36. The van der Waals surface area contributed by atoms with Gasteiger partial charge in [-0.3, -0.25) is 9.59 Å². The molecule has 2 aromatic carbocycles. The van der Waals surface area contributed by atoms with Gasteiger partial charge in [-0.1, -0.05) is 55.5 Å². The van der Waals surface area contributed by atoms with E-state index in [4.69, 9.17) is 9.84 Å². The lowest BCUT2D eigenvalue weighted by Gasteiger charge is -2.21. The van der Waals surface area contributed by atoms with Gasteiger partial charge in [-0.2, -0.15) is 0 Å². The molecule has 3 atom stereocenters. The van der Waals surface area contributed by atoms with Crippen LogP contribution in [0.5, 0.6) is 0 Å². The van der Waals surface area contributed by atoms with E-state index < -0.39 is 30.1 Å². The first-order valence-corrected chi connectivity index (χ1v) is 11.5. The third-order valence-corrected chi connectivity index (χ3v) is 5.97. The number of carbonyl (C=O) groups is 3. The third-order valence-electron chi connectivity index (χ3n) is 5.97. The zero-order valence-corrected chi connectivity index (χ0v) is 19.5. The Hall–Kier alpha value is -3.39. The van der Waals surface area contributed by atoms with E-state index in [1.807, 2.05) is 55.5 Å². The monoisotopic (exact) mass is 468 g/mol. The summed E-state index contributed by atoms with van der Waals surface area (Å²) < 4.78 is 5.49. The molecule has 8 nitrogen and oxygen atoms in total. The lowest BCUT2D eigenvalue weighted by Crippen LogP contribution is -2.48. The van der Waals surface area contributed by atoms with Crippen molar-refractivity contribution >= 4 is 18.0 Å². The van der Waals surface area contributed by atoms with E-state index >= 15 is 0 Å². The number of aliphatic carboxylic acids is 1. The van der Waals surface area contributed by atoms with Crippen LogP contribution in [0.1, 0.15) is 50.2 Å². The molecule has 1 aliphatic rings. The quantitative estimate of drug-likeness (QED) is 0.401. The first-order chi connectivity index (χ1) is 16.3. The number of nitrogens with one attached hydrogen (secondary N) is 2. The molecule has 0 aliphatic heterocycles. The van der Waals surface area contributed by atoms with Crippen LogP contribution in [0.25, 0.3) is 11.1 Å². The zero-order valence-electron chi connectivity index (χ0n) is 19.5. The summed E-state index contributed by atoms with van der Waals surface area (Å²) in [6, 6.07) is 14.9. The molecule has 0 heterocycles. The van der Waals surface area contributed by atoms with E-state index in [1.165, 1.54) is 0 Å². The van der Waals surface area contributed by atoms with Crippen molar-refractivity contribution in [2.24, 2.45) is 5.92 Å². The maximum Gasteiger partial charge on any atom is 0.407 e. The minimum Gasteiger partial charge on any atom is -0.481 e. The molecule has 1 aliphatic carbocycles. The van der Waals surface area contributed by atoms with E-state index in [1.54, 1.807) is 6.92 Å². The van der Waals surface area contributed by atoms with E-state index in [2.05, 4.69) is 10.6 Å². The Labute approximate surface area is 199 Å². The van der Waals surface area contributed by atoms with Gasteiger partial charge in [-0.25, -0.2) is 4.79 Å². The second-order valence-corrected chi connectivity index (χ2v) is 8.89. The van der Waals surface area contributed by atoms with Crippen molar-refractivity contribution in [3.05, 3.63) is 59.7 Å². The molecule has 8 heteroatoms. The number of carboxylic acid groups (broad SMARTS) is 1. The average Bonchev–Trinajstić information content (AvgIpc) is 3.12. The van der Waals surface area contributed by atoms with Crippen molar-refractivity contribution in [3.63, 3.8) is 0 Å². The van der Waals surface area contributed by atoms with Crippen LogP contribution < -0.4 is 10.6 Å². The van der Waals surface area contributed by atoms with Crippen molar-refractivity contribution in [1.29, 1.82) is 0 Å². The molecule has 0 spiro atoms. The van der Waals surface area contributed by atoms with Gasteiger partial charge in [0.15, 0.2) is 0 Å². The summed E-state index contributed by atoms with van der Waals surface area (Å²) in [5.74, 6) is -1.63. The number of aliphatic hydroxyl groups excluding tert-OH is 1. The molecule has 34 heavy (non-hydrogen) atoms. The summed E-state index contributed by atoms with van der Waals surface area (Å²) in [6.07, 6.45) is -1.08. The predicted molar refractivity (Wildman–Crippen MR) is 127 cm³/mol. The lowest BCUT2D eigenvalue weighted by molar-refractivity contribution is -0.137. The van der Waals surface area contributed by atoms with Crippen LogP contribution in [-0.4, -0.2) is 53.5 Å². The number of benzene rings is 2. The van der Waals surface area contributed by atoms with Crippen molar-refractivity contribution in [2.45, 2.75) is 51.2 Å². The Kier molecular flexibility index (Phi) is 8.65. The molecule has 0 radical (unpaired) electrons. The normalized spacial score (nSPS) is 14.9. The maximum atomic E-state index is 12.6. The van der Waals surface area contributed by atoms with Crippen molar-refractivity contribution in [3.8, 4) is 11.1 Å². The topological polar surface area (TPSA) is 125 Å². The molecular weight excluding hydrogens is 436 g/mol. The van der Waals surface area contributed by atoms with Crippen LogP contribution in [0.15, 0.2) is 48.5 Å². The van der Waals surface area contributed by atoms with Crippen LogP contribution in [0, 0.1) is 5.92 Å². The SMILES string of the molecule is CC(O)CC(C)CNC(=O)C(CCC(=O)O)NC(=O)OCC1c2ccccc2-c2ccccc21. The number of aliphatic hydroxyl groups is 1. The van der Waals surface area contributed by atoms with Gasteiger partial charge in [0, 0.05) is 18.9 Å². The zero-order chi connectivity index (χ0) is 24.7. The van der Waals surface area contributed by atoms with Gasteiger partial charge in [0.2, 0.25) is 5.91 Å². The van der Waals surface area contributed by atoms with Gasteiger partial charge in [-0.05, 0) is 47.9 Å². The molecule has 0 bridgehead atoms. The van der Waals surface area contributed by atoms with Crippen LogP contribution in [0.4, 0.5) is 4.79 Å². The second kappa shape index (κ2) is 11.7. The summed E-state index contributed by atoms with van der Waals surface area (Å²) in [5, 5.41) is 23.8. The standard InChI is InChI=1S/C26H32N2O6/c1-16(13-17(2)29)14-27-25(32)23(11-12-24(30)31)28-26(33)34-15-22-20-9-5-3-7-18(20)19-8-4-6-10-21(19)22/h3-10,16-17,22-23,29H,11-15H2,1-2H3,(H,27,32)(H,28,33)(H,30,31). The first-order valence-electron chi connectivity index (χ1n) is 11.5. The van der Waals surface area contributed by atoms with Gasteiger partial charge in [0.1, 0.15) is 12.6 Å². The molecule has 2 aromatic rings. The van der Waals surface area contributed by atoms with Gasteiger partial charge in [0.05, 0.1) is 6.10 Å². The molecule has 0 saturated carbocycles. The molecule has 3 unspecified atom stereocenters. The second-order valence-electron chi connectivity index (χ2n) is 8.89. The van der Waals surface area contributed by atoms with Crippen LogP contribution >= 0.6 is 0 Å². The Bertz CT molecular complexity index is 976. The summed E-state index contributed by atoms with van der Waals surface area (Å²) >= 11 is 0. The molecule has 0 aromatic heterocycles. The minimum absolute atomic E-state index is 0.0264. The molecule has 0 saturated heterocycles. The Morgan fingerprint density at radius 1 is 1.00 bits per heavy atom. The smallest absolute Gasteiger partial charge is 0.407 e. The van der Waals surface area contributed by atoms with Crippen molar-refractivity contribution in [2.75, 3.05) is 13.2 Å². The molecule has 0 fully saturated rings. The number of hydrogen-bond acceptors (Lipinski definition) is 5. The highest BCUT2D eigenvalue weighted by Gasteiger charge is 2.30. The van der Waals surface area contributed by atoms with Crippen LogP contribution in [-0.2, 0) is 14.3 Å². The third kappa shape index (κ3) is 6.57. The predicted octanol–water partition coefficient (Wildman–Crippen LogP) is 3.28. The molecule has 2 amide bonds. The Balaban J connectivity index is 1.61. The summed E-state index contributed by atoms with van der Waals surface area (Å²) in [7, 11) is 0. The molecule has 3 rings (SSSR count). The number of fused-ring (bicyclic) bond motifs is 3. The fraction of sp³-hybridized carbons (Fsp3) is 0.423. The molecular formula is C26H32N2O6. The Morgan fingerprint density at radius 2 is 1.59 bits per heavy atom. The number of carbonyl (C=O) groups excluding carboxylic acids is 2. The molecule has 182 valence electrons. The number of carboxylic acids is 1. The lowest BCUT2D eigenvalue weighted by atomic mass is 9.98. The average molecular weight is 469 g/mol. The number of ether oxygens (including phenoxy) is 1. The number of amides is 2. The van der Waals surface area contributed by atoms with Crippen molar-refractivity contribution in [1.82, 2.24) is 10.6 Å². The van der Waals surface area contributed by atoms with Gasteiger partial charge >= 0.3 is 12.1 Å². The van der Waals surface area contributed by atoms with Gasteiger partial charge < -0.3 is 25.6 Å². The molecule has 4 N–H and O–H groups in total. The largest absolute Gasteiger partial charge is 0.481 e. The van der Waals surface area contributed by atoms with E-state index in [0.29, 0.717) is 13.0 Å². The van der Waals surface area contributed by atoms with Crippen LogP contribution in [0.2, 0.25) is 0 Å². The highest BCUT2D eigenvalue weighted by Crippen LogP contribution is 2.44. The van der Waals surface area contributed by atoms with E-state index in [-0.39, 0.29) is 31.3 Å². The number of hydrogen-bond donors (Lipinski definition) is 4. The van der Waals surface area contributed by atoms with Crippen LogP contribution in [0.3, 0.4) is 0 Å². The fourth-order valence-corrected chi connectivity index (χ4v) is 4.38. The maximum absolute atomic E-state index is 12.6. The van der Waals surface area contributed by atoms with E-state index in [9.17, 15) is 19.5 Å².